The lowest BCUT2D eigenvalue weighted by atomic mass is 10.0. The second-order valence-electron chi connectivity index (χ2n) is 11.1. The number of aromatic nitrogens is 2. The van der Waals surface area contributed by atoms with Crippen LogP contribution < -0.4 is 0 Å². The van der Waals surface area contributed by atoms with Gasteiger partial charge in [0.1, 0.15) is 0 Å². The molecule has 5 rings (SSSR count). The van der Waals surface area contributed by atoms with Crippen LogP contribution in [-0.4, -0.2) is 88.5 Å². The van der Waals surface area contributed by atoms with Gasteiger partial charge in [-0.1, -0.05) is 31.9 Å². The molecule has 0 spiro atoms. The van der Waals surface area contributed by atoms with Gasteiger partial charge in [-0.05, 0) is 75.1 Å². The lowest BCUT2D eigenvalue weighted by Gasteiger charge is -2.32. The molecule has 1 saturated heterocycles. The number of carboxylic acid groups (broad SMARTS) is 1. The second-order valence-corrected chi connectivity index (χ2v) is 12.4. The summed E-state index contributed by atoms with van der Waals surface area (Å²) in [4.78, 5) is 40.2. The maximum absolute atomic E-state index is 13.1. The zero-order chi connectivity index (χ0) is 30.1. The van der Waals surface area contributed by atoms with Crippen LogP contribution in [0.25, 0.3) is 21.1 Å². The van der Waals surface area contributed by atoms with Crippen LogP contribution in [0.15, 0.2) is 48.7 Å². The van der Waals surface area contributed by atoms with E-state index < -0.39 is 5.97 Å². The van der Waals surface area contributed by atoms with Gasteiger partial charge in [-0.15, -0.1) is 11.3 Å². The summed E-state index contributed by atoms with van der Waals surface area (Å²) in [6.07, 6.45) is 6.09. The summed E-state index contributed by atoms with van der Waals surface area (Å²) in [7, 11) is 4.24. The molecule has 42 heavy (non-hydrogen) atoms. The summed E-state index contributed by atoms with van der Waals surface area (Å²) >= 11 is 1.82. The Labute approximate surface area is 253 Å². The number of carbonyl (C=O) groups excluding carboxylic acids is 1. The number of hydrogen-bond donors (Lipinski definition) is 1. The van der Waals surface area contributed by atoms with Crippen molar-refractivity contribution in [3.63, 3.8) is 0 Å². The van der Waals surface area contributed by atoms with Gasteiger partial charge in [0, 0.05) is 60.8 Å². The third-order valence-electron chi connectivity index (χ3n) is 7.70. The maximum atomic E-state index is 13.1. The van der Waals surface area contributed by atoms with Gasteiger partial charge in [-0.25, -0.2) is 4.98 Å². The minimum absolute atomic E-state index is 0.150. The molecule has 1 aliphatic heterocycles. The van der Waals surface area contributed by atoms with Crippen molar-refractivity contribution in [3.05, 3.63) is 70.4 Å². The fourth-order valence-corrected chi connectivity index (χ4v) is 6.26. The first kappa shape index (κ1) is 31.5. The Hall–Kier alpha value is -3.40. The minimum Gasteiger partial charge on any atom is -0.481 e. The summed E-state index contributed by atoms with van der Waals surface area (Å²) in [6.45, 7) is 9.38. The van der Waals surface area contributed by atoms with Crippen LogP contribution in [-0.2, 0) is 17.8 Å². The number of carboxylic acids is 1. The molecule has 224 valence electrons. The highest BCUT2D eigenvalue weighted by Gasteiger charge is 2.21. The monoisotopic (exact) mass is 589 g/mol. The van der Waals surface area contributed by atoms with Crippen LogP contribution in [0.1, 0.15) is 59.1 Å². The maximum Gasteiger partial charge on any atom is 0.303 e. The van der Waals surface area contributed by atoms with E-state index in [1.807, 2.05) is 52.8 Å². The van der Waals surface area contributed by atoms with Crippen molar-refractivity contribution in [1.82, 2.24) is 24.7 Å². The molecule has 1 amide bonds. The predicted octanol–water partition coefficient (Wildman–Crippen LogP) is 5.87. The Morgan fingerprint density at radius 3 is 2.50 bits per heavy atom. The second kappa shape index (κ2) is 15.2. The summed E-state index contributed by atoms with van der Waals surface area (Å²) in [5.41, 5.74) is 5.00. The molecule has 2 aromatic carbocycles. The molecule has 4 aromatic rings. The number of likely N-dealkylation sites (N-methyl/N-ethyl adjacent to an activating group) is 2. The molecule has 1 fully saturated rings. The first-order chi connectivity index (χ1) is 20.2. The number of unbranched alkanes of at least 4 members (excludes halogenated alkanes) is 2. The largest absolute Gasteiger partial charge is 0.481 e. The van der Waals surface area contributed by atoms with E-state index in [9.17, 15) is 9.59 Å². The average molecular weight is 590 g/mol. The third kappa shape index (κ3) is 8.56. The van der Waals surface area contributed by atoms with E-state index in [4.69, 9.17) is 10.1 Å². The van der Waals surface area contributed by atoms with E-state index in [1.54, 1.807) is 0 Å². The van der Waals surface area contributed by atoms with E-state index in [0.29, 0.717) is 6.42 Å². The number of rotatable bonds is 10. The minimum atomic E-state index is -0.682. The normalized spacial score (nSPS) is 13.9. The lowest BCUT2D eigenvalue weighted by Crippen LogP contribution is -2.47. The van der Waals surface area contributed by atoms with Crippen LogP contribution in [0.5, 0.6) is 0 Å². The highest BCUT2D eigenvalue weighted by atomic mass is 32.1. The molecule has 0 saturated carbocycles. The van der Waals surface area contributed by atoms with Gasteiger partial charge in [0.05, 0.1) is 22.9 Å². The molecule has 0 aliphatic carbocycles. The Morgan fingerprint density at radius 1 is 1.05 bits per heavy atom. The van der Waals surface area contributed by atoms with Gasteiger partial charge >= 0.3 is 5.97 Å². The highest BCUT2D eigenvalue weighted by molar-refractivity contribution is 7.19. The Balaban J connectivity index is 0.000000446. The molecular formula is C33H43N5O3S. The highest BCUT2D eigenvalue weighted by Crippen LogP contribution is 2.32. The van der Waals surface area contributed by atoms with E-state index in [0.717, 1.165) is 87.2 Å². The van der Waals surface area contributed by atoms with Crippen molar-refractivity contribution in [1.29, 1.82) is 0 Å². The fraction of sp³-hybridized carbons (Fsp3) is 0.455. The van der Waals surface area contributed by atoms with Crippen molar-refractivity contribution >= 4 is 44.3 Å². The lowest BCUT2D eigenvalue weighted by molar-refractivity contribution is -0.137. The number of thiophene rings is 1. The van der Waals surface area contributed by atoms with Crippen LogP contribution >= 0.6 is 11.3 Å². The summed E-state index contributed by atoms with van der Waals surface area (Å²) < 4.78 is 1.26. The Morgan fingerprint density at radius 2 is 1.79 bits per heavy atom. The van der Waals surface area contributed by atoms with Gasteiger partial charge in [0.15, 0.2) is 0 Å². The predicted molar refractivity (Wildman–Crippen MR) is 171 cm³/mol. The molecule has 8 nitrogen and oxygen atoms in total. The standard InChI is InChI=1S/C27H31N5OS.C6H12O2/c1-19-22(10-11-31(3)18-21-17-28-24-6-4-5-7-25(24)29-21)23-16-20(8-9-26(23)34-19)27(33)32-14-12-30(2)13-15-32;1-2-3-4-5-6(7)8/h4-9,16-17H,10-15,18H2,1-3H3;2-5H2,1H3,(H,7,8). The number of fused-ring (bicyclic) bond motifs is 2. The molecule has 1 N–H and O–H groups in total. The number of hydrogen-bond acceptors (Lipinski definition) is 7. The molecule has 0 bridgehead atoms. The van der Waals surface area contributed by atoms with Gasteiger partial charge in [-0.3, -0.25) is 14.6 Å². The molecule has 0 unspecified atom stereocenters. The molecule has 1 aliphatic rings. The number of nitrogens with zero attached hydrogens (tertiary/aromatic N) is 5. The summed E-state index contributed by atoms with van der Waals surface area (Å²) in [6, 6.07) is 14.2. The van der Waals surface area contributed by atoms with Gasteiger partial charge in [0.2, 0.25) is 0 Å². The topological polar surface area (TPSA) is 89.9 Å². The molecule has 0 atom stereocenters. The van der Waals surface area contributed by atoms with E-state index >= 15 is 0 Å². The van der Waals surface area contributed by atoms with Gasteiger partial charge < -0.3 is 19.8 Å². The number of para-hydroxylation sites is 2. The number of benzene rings is 2. The van der Waals surface area contributed by atoms with Crippen LogP contribution in [0.2, 0.25) is 0 Å². The van der Waals surface area contributed by atoms with Crippen molar-refractivity contribution in [2.24, 2.45) is 0 Å². The first-order valence-electron chi connectivity index (χ1n) is 14.9. The van der Waals surface area contributed by atoms with E-state index in [2.05, 4.69) is 54.9 Å². The van der Waals surface area contributed by atoms with Crippen LogP contribution in [0, 0.1) is 6.92 Å². The molecule has 3 heterocycles. The molecule has 0 radical (unpaired) electrons. The number of aryl methyl sites for hydroxylation is 1. The molecular weight excluding hydrogens is 546 g/mol. The van der Waals surface area contributed by atoms with Gasteiger partial charge in [-0.2, -0.15) is 0 Å². The number of aliphatic carboxylic acids is 1. The summed E-state index contributed by atoms with van der Waals surface area (Å²) in [5.74, 6) is -0.532. The van der Waals surface area contributed by atoms with Crippen LogP contribution in [0.4, 0.5) is 0 Å². The smallest absolute Gasteiger partial charge is 0.303 e. The fourth-order valence-electron chi connectivity index (χ4n) is 5.16. The molecule has 9 heteroatoms. The van der Waals surface area contributed by atoms with Crippen LogP contribution in [0.3, 0.4) is 0 Å². The molecule has 2 aromatic heterocycles. The number of carbonyl (C=O) groups is 2. The van der Waals surface area contributed by atoms with Crippen molar-refractivity contribution < 1.29 is 14.7 Å². The Bertz CT molecular complexity index is 1500. The number of amides is 1. The van der Waals surface area contributed by atoms with E-state index in [-0.39, 0.29) is 5.91 Å². The van der Waals surface area contributed by atoms with Crippen molar-refractivity contribution in [2.45, 2.75) is 52.5 Å². The third-order valence-corrected chi connectivity index (χ3v) is 8.83. The zero-order valence-electron chi connectivity index (χ0n) is 25.3. The van der Waals surface area contributed by atoms with Gasteiger partial charge in [0.25, 0.3) is 5.91 Å². The van der Waals surface area contributed by atoms with Crippen molar-refractivity contribution in [2.75, 3.05) is 46.8 Å². The first-order valence-corrected chi connectivity index (χ1v) is 15.7. The number of piperazine rings is 1. The summed E-state index contributed by atoms with van der Waals surface area (Å²) in [5, 5.41) is 9.36. The SMILES string of the molecule is CCCCCC(=O)O.Cc1sc2ccc(C(=O)N3CCN(C)CC3)cc2c1CCN(C)Cc1cnc2ccccc2n1. The Kier molecular flexibility index (Phi) is 11.4. The quantitative estimate of drug-likeness (QED) is 0.232. The average Bonchev–Trinajstić information content (AvgIpc) is 3.30. The van der Waals surface area contributed by atoms with Crippen molar-refractivity contribution in [3.8, 4) is 0 Å². The zero-order valence-corrected chi connectivity index (χ0v) is 26.1. The van der Waals surface area contributed by atoms with E-state index in [1.165, 1.54) is 20.5 Å².